The molecule has 1 aromatic rings. The number of carbonyl (C=O) groups is 1. The summed E-state index contributed by atoms with van der Waals surface area (Å²) in [6.45, 7) is 8.95. The maximum atomic E-state index is 13.1. The van der Waals surface area contributed by atoms with Gasteiger partial charge in [0.25, 0.3) is 0 Å². The molecule has 5 heteroatoms. The van der Waals surface area contributed by atoms with E-state index in [-0.39, 0.29) is 11.3 Å². The molecule has 5 nitrogen and oxygen atoms in total. The first kappa shape index (κ1) is 15.2. The quantitative estimate of drug-likeness (QED) is 0.719. The summed E-state index contributed by atoms with van der Waals surface area (Å²) in [5.74, 6) is 0.220. The van der Waals surface area contributed by atoms with Crippen molar-refractivity contribution in [2.45, 2.75) is 65.0 Å². The molecule has 0 N–H and O–H groups in total. The summed E-state index contributed by atoms with van der Waals surface area (Å²) < 4.78 is 1.77. The minimum absolute atomic E-state index is 0.220. The van der Waals surface area contributed by atoms with Crippen LogP contribution in [0.4, 0.5) is 0 Å². The summed E-state index contributed by atoms with van der Waals surface area (Å²) >= 11 is 0. The summed E-state index contributed by atoms with van der Waals surface area (Å²) in [6, 6.07) is 0. The van der Waals surface area contributed by atoms with E-state index < -0.39 is 0 Å². The Morgan fingerprint density at radius 2 is 1.95 bits per heavy atom. The molecule has 20 heavy (non-hydrogen) atoms. The molecule has 1 aliphatic carbocycles. The molecule has 1 aromatic heterocycles. The molecule has 112 valence electrons. The molecule has 1 aliphatic rings. The minimum atomic E-state index is -0.323. The van der Waals surface area contributed by atoms with Crippen LogP contribution in [0.5, 0.6) is 0 Å². The molecule has 0 atom stereocenters. The van der Waals surface area contributed by atoms with Gasteiger partial charge in [0.05, 0.1) is 11.7 Å². The van der Waals surface area contributed by atoms with Gasteiger partial charge in [-0.3, -0.25) is 9.69 Å². The number of likely N-dealkylation sites (N-methyl/N-ethyl adjacent to an activating group) is 1. The highest BCUT2D eigenvalue weighted by atomic mass is 16.1. The van der Waals surface area contributed by atoms with Gasteiger partial charge in [-0.15, -0.1) is 5.10 Å². The molecule has 0 unspecified atom stereocenters. The van der Waals surface area contributed by atoms with Crippen molar-refractivity contribution in [2.24, 2.45) is 0 Å². The zero-order chi connectivity index (χ0) is 14.6. The van der Waals surface area contributed by atoms with E-state index in [9.17, 15) is 4.79 Å². The summed E-state index contributed by atoms with van der Waals surface area (Å²) in [5.41, 5.74) is 0.358. The molecule has 1 heterocycles. The van der Waals surface area contributed by atoms with Crippen LogP contribution in [-0.4, -0.2) is 44.3 Å². The second-order valence-corrected chi connectivity index (χ2v) is 5.58. The average Bonchev–Trinajstić information content (AvgIpc) is 3.10. The summed E-state index contributed by atoms with van der Waals surface area (Å²) in [7, 11) is 0. The highest BCUT2D eigenvalue weighted by Crippen LogP contribution is 2.37. The van der Waals surface area contributed by atoms with E-state index in [1.54, 1.807) is 10.9 Å². The number of hydrogen-bond donors (Lipinski definition) is 0. The maximum absolute atomic E-state index is 13.1. The first-order valence-electron chi connectivity index (χ1n) is 7.88. The molecule has 1 fully saturated rings. The second kappa shape index (κ2) is 6.48. The van der Waals surface area contributed by atoms with Crippen LogP contribution in [0.2, 0.25) is 0 Å². The van der Waals surface area contributed by atoms with E-state index in [1.165, 1.54) is 0 Å². The Labute approximate surface area is 121 Å². The summed E-state index contributed by atoms with van der Waals surface area (Å²) in [4.78, 5) is 15.5. The predicted octanol–water partition coefficient (Wildman–Crippen LogP) is 2.53. The van der Waals surface area contributed by atoms with E-state index in [4.69, 9.17) is 0 Å². The molecule has 1 saturated carbocycles. The van der Waals surface area contributed by atoms with E-state index in [1.807, 2.05) is 0 Å². The largest absolute Gasteiger partial charge is 0.291 e. The number of rotatable bonds is 7. The number of carbonyl (C=O) groups excluding carboxylic acids is 1. The number of ketones is 1. The van der Waals surface area contributed by atoms with Crippen molar-refractivity contribution >= 4 is 5.78 Å². The predicted molar refractivity (Wildman–Crippen MR) is 78.8 cm³/mol. The fourth-order valence-electron chi connectivity index (χ4n) is 3.52. The smallest absolute Gasteiger partial charge is 0.202 e. The lowest BCUT2D eigenvalue weighted by Crippen LogP contribution is -2.53. The molecule has 0 aromatic carbocycles. The number of aromatic nitrogens is 3. The van der Waals surface area contributed by atoms with E-state index in [0.717, 1.165) is 51.7 Å². The van der Waals surface area contributed by atoms with E-state index >= 15 is 0 Å². The first-order chi connectivity index (χ1) is 9.69. The fraction of sp³-hybridized carbons (Fsp3) is 0.800. The highest BCUT2D eigenvalue weighted by molar-refractivity contribution is 6.02. The van der Waals surface area contributed by atoms with Gasteiger partial charge in [-0.25, -0.2) is 4.68 Å². The Morgan fingerprint density at radius 1 is 1.30 bits per heavy atom. The highest BCUT2D eigenvalue weighted by Gasteiger charge is 2.46. The van der Waals surface area contributed by atoms with Crippen LogP contribution in [0.3, 0.4) is 0 Å². The molecule has 0 aliphatic heterocycles. The summed E-state index contributed by atoms with van der Waals surface area (Å²) in [6.07, 6.45) is 6.80. The third-order valence-corrected chi connectivity index (χ3v) is 4.51. The Morgan fingerprint density at radius 3 is 2.50 bits per heavy atom. The van der Waals surface area contributed by atoms with Gasteiger partial charge < -0.3 is 0 Å². The van der Waals surface area contributed by atoms with Crippen molar-refractivity contribution in [3.8, 4) is 0 Å². The topological polar surface area (TPSA) is 51.0 Å². The molecule has 0 bridgehead atoms. The van der Waals surface area contributed by atoms with Gasteiger partial charge in [0.2, 0.25) is 5.78 Å². The fourth-order valence-corrected chi connectivity index (χ4v) is 3.52. The minimum Gasteiger partial charge on any atom is -0.291 e. The zero-order valence-corrected chi connectivity index (χ0v) is 12.9. The van der Waals surface area contributed by atoms with Gasteiger partial charge in [0, 0.05) is 6.54 Å². The second-order valence-electron chi connectivity index (χ2n) is 5.58. The van der Waals surface area contributed by atoms with Crippen LogP contribution in [-0.2, 0) is 6.54 Å². The Balaban J connectivity index is 2.34. The molecule has 2 rings (SSSR count). The van der Waals surface area contributed by atoms with Gasteiger partial charge >= 0.3 is 0 Å². The zero-order valence-electron chi connectivity index (χ0n) is 12.9. The monoisotopic (exact) mass is 278 g/mol. The van der Waals surface area contributed by atoms with Crippen molar-refractivity contribution in [3.05, 3.63) is 11.9 Å². The lowest BCUT2D eigenvalue weighted by Gasteiger charge is -2.38. The lowest BCUT2D eigenvalue weighted by atomic mass is 9.87. The van der Waals surface area contributed by atoms with Crippen molar-refractivity contribution in [3.63, 3.8) is 0 Å². The summed E-state index contributed by atoms with van der Waals surface area (Å²) in [5, 5.41) is 8.02. The molecule has 0 radical (unpaired) electrons. The standard InChI is InChI=1S/C15H26N4O/c1-4-11-19-13(12-16-17-19)14(20)15(9-7-8-10-15)18(5-2)6-3/h12H,4-11H2,1-3H3. The average molecular weight is 278 g/mol. The van der Waals surface area contributed by atoms with E-state index in [0.29, 0.717) is 5.69 Å². The van der Waals surface area contributed by atoms with Gasteiger partial charge in [0.1, 0.15) is 5.69 Å². The van der Waals surface area contributed by atoms with Crippen LogP contribution < -0.4 is 0 Å². The first-order valence-corrected chi connectivity index (χ1v) is 7.88. The normalized spacial score (nSPS) is 17.8. The third-order valence-electron chi connectivity index (χ3n) is 4.51. The van der Waals surface area contributed by atoms with Crippen molar-refractivity contribution in [1.82, 2.24) is 19.9 Å². The number of Topliss-reactive ketones (excluding diaryl/α,β-unsaturated/α-hetero) is 1. The van der Waals surface area contributed by atoms with Crippen LogP contribution in [0.15, 0.2) is 6.20 Å². The molecule has 0 spiro atoms. The van der Waals surface area contributed by atoms with Crippen molar-refractivity contribution in [2.75, 3.05) is 13.1 Å². The number of nitrogens with zero attached hydrogens (tertiary/aromatic N) is 4. The van der Waals surface area contributed by atoms with Crippen molar-refractivity contribution in [1.29, 1.82) is 0 Å². The maximum Gasteiger partial charge on any atom is 0.202 e. The Kier molecular flexibility index (Phi) is 4.91. The van der Waals surface area contributed by atoms with Crippen LogP contribution >= 0.6 is 0 Å². The van der Waals surface area contributed by atoms with Crippen LogP contribution in [0, 0.1) is 0 Å². The van der Waals surface area contributed by atoms with Gasteiger partial charge in [-0.05, 0) is 32.4 Å². The third kappa shape index (κ3) is 2.51. The number of aryl methyl sites for hydroxylation is 1. The van der Waals surface area contributed by atoms with E-state index in [2.05, 4.69) is 36.0 Å². The van der Waals surface area contributed by atoms with Crippen LogP contribution in [0.25, 0.3) is 0 Å². The van der Waals surface area contributed by atoms with Gasteiger partial charge in [0.15, 0.2) is 0 Å². The molecule has 0 saturated heterocycles. The SMILES string of the molecule is CCCn1nncc1C(=O)C1(N(CC)CC)CCCC1. The van der Waals surface area contributed by atoms with Crippen LogP contribution in [0.1, 0.15) is 63.4 Å². The number of hydrogen-bond acceptors (Lipinski definition) is 4. The van der Waals surface area contributed by atoms with Crippen molar-refractivity contribution < 1.29 is 4.79 Å². The molecule has 0 amide bonds. The molecular formula is C15H26N4O. The lowest BCUT2D eigenvalue weighted by molar-refractivity contribution is 0.0572. The Bertz CT molecular complexity index is 444. The van der Waals surface area contributed by atoms with Gasteiger partial charge in [-0.2, -0.15) is 0 Å². The Hall–Kier alpha value is -1.23. The van der Waals surface area contributed by atoms with Gasteiger partial charge in [-0.1, -0.05) is 38.8 Å². The molecular weight excluding hydrogens is 252 g/mol.